The summed E-state index contributed by atoms with van der Waals surface area (Å²) in [6, 6.07) is 72.6. The molecule has 14 aromatic rings. The van der Waals surface area contributed by atoms with Crippen molar-refractivity contribution >= 4 is 87.4 Å². The topological polar surface area (TPSA) is 66.6 Å². The van der Waals surface area contributed by atoms with Gasteiger partial charge in [0.1, 0.15) is 11.2 Å². The van der Waals surface area contributed by atoms with Crippen LogP contribution in [0, 0.1) is 0 Å². The van der Waals surface area contributed by atoms with Crippen molar-refractivity contribution in [2.45, 2.75) is 0 Å². The van der Waals surface area contributed by atoms with Gasteiger partial charge in [-0.25, -0.2) is 4.98 Å². The number of furan rings is 1. The van der Waals surface area contributed by atoms with Crippen molar-refractivity contribution in [1.82, 2.24) is 28.7 Å². The largest absolute Gasteiger partial charge is 0.456 e. The van der Waals surface area contributed by atoms with Crippen LogP contribution in [0.3, 0.4) is 0 Å². The van der Waals surface area contributed by atoms with Crippen LogP contribution in [0.15, 0.2) is 211 Å². The van der Waals surface area contributed by atoms with Gasteiger partial charge in [-0.1, -0.05) is 127 Å². The Balaban J connectivity index is 0.994. The number of rotatable bonds is 5. The molecule has 7 heteroatoms. The molecule has 0 radical (unpaired) electrons. The molecule has 0 aliphatic carbocycles. The fraction of sp³-hybridized carbons (Fsp3) is 0. The minimum atomic E-state index is 0.546. The Hall–Kier alpha value is -8.81. The summed E-state index contributed by atoms with van der Waals surface area (Å²) in [5, 5.41) is 9.25. The minimum absolute atomic E-state index is 0.546. The summed E-state index contributed by atoms with van der Waals surface area (Å²) in [6.45, 7) is 0. The van der Waals surface area contributed by atoms with E-state index in [0.29, 0.717) is 17.6 Å². The number of benzene rings is 9. The van der Waals surface area contributed by atoms with Crippen LogP contribution in [-0.2, 0) is 0 Å². The van der Waals surface area contributed by atoms with Crippen molar-refractivity contribution in [1.29, 1.82) is 0 Å². The first-order valence-corrected chi connectivity index (χ1v) is 21.5. The molecule has 0 N–H and O–H groups in total. The maximum absolute atomic E-state index is 6.35. The summed E-state index contributed by atoms with van der Waals surface area (Å²) in [6.07, 6.45) is 0. The lowest BCUT2D eigenvalue weighted by Crippen LogP contribution is -2.06. The normalized spacial score (nSPS) is 12.1. The summed E-state index contributed by atoms with van der Waals surface area (Å²) < 4.78 is 13.3. The van der Waals surface area contributed by atoms with E-state index in [2.05, 4.69) is 196 Å². The van der Waals surface area contributed by atoms with Gasteiger partial charge in [0, 0.05) is 65.6 Å². The summed E-state index contributed by atoms with van der Waals surface area (Å²) >= 11 is 0. The van der Waals surface area contributed by atoms with Crippen molar-refractivity contribution < 1.29 is 4.42 Å². The van der Waals surface area contributed by atoms with Gasteiger partial charge >= 0.3 is 0 Å². The molecule has 0 amide bonds. The van der Waals surface area contributed by atoms with Crippen molar-refractivity contribution in [3.63, 3.8) is 0 Å². The predicted octanol–water partition coefficient (Wildman–Crippen LogP) is 14.4. The Morgan fingerprint density at radius 2 is 0.719 bits per heavy atom. The highest BCUT2D eigenvalue weighted by Crippen LogP contribution is 2.42. The molecule has 9 aromatic carbocycles. The van der Waals surface area contributed by atoms with Gasteiger partial charge in [-0.05, 0) is 78.9 Å². The van der Waals surface area contributed by atoms with E-state index in [1.165, 1.54) is 32.6 Å². The number of hydrogen-bond acceptors (Lipinski definition) is 4. The number of para-hydroxylation sites is 6. The molecule has 5 aromatic heterocycles. The molecule has 0 fully saturated rings. The van der Waals surface area contributed by atoms with E-state index in [1.807, 2.05) is 24.3 Å². The first kappa shape index (κ1) is 34.9. The SMILES string of the molecule is c1ccc(-n2c3ccccc3c3ccc4c5ccccc5n(-c5ccc(-c6nc(-c7ccc8c(c7)oc7ccccc78)nc(-n7c8ccccc8c8ccccc87)n6)cc5)c4c32)cc1. The average Bonchev–Trinajstić information content (AvgIpc) is 4.10. The number of aromatic nitrogens is 6. The van der Waals surface area contributed by atoms with Gasteiger partial charge < -0.3 is 13.6 Å². The van der Waals surface area contributed by atoms with E-state index < -0.39 is 0 Å². The molecule has 0 spiro atoms. The summed E-state index contributed by atoms with van der Waals surface area (Å²) in [4.78, 5) is 15.7. The average molecular weight is 819 g/mol. The zero-order valence-corrected chi connectivity index (χ0v) is 34.2. The second kappa shape index (κ2) is 13.3. The Morgan fingerprint density at radius 1 is 0.297 bits per heavy atom. The maximum Gasteiger partial charge on any atom is 0.238 e. The molecule has 7 nitrogen and oxygen atoms in total. The third kappa shape index (κ3) is 5.00. The number of hydrogen-bond donors (Lipinski definition) is 0. The van der Waals surface area contributed by atoms with E-state index in [1.54, 1.807) is 0 Å². The van der Waals surface area contributed by atoms with Crippen molar-refractivity contribution in [2.75, 3.05) is 0 Å². The molecule has 0 bridgehead atoms. The molecule has 0 saturated carbocycles. The zero-order chi connectivity index (χ0) is 41.9. The number of nitrogens with zero attached hydrogens (tertiary/aromatic N) is 6. The molecule has 0 unspecified atom stereocenters. The predicted molar refractivity (Wildman–Crippen MR) is 261 cm³/mol. The van der Waals surface area contributed by atoms with Gasteiger partial charge in [0.25, 0.3) is 0 Å². The van der Waals surface area contributed by atoms with Crippen LogP contribution in [0.2, 0.25) is 0 Å². The van der Waals surface area contributed by atoms with Crippen LogP contribution in [-0.4, -0.2) is 28.7 Å². The molecule has 0 atom stereocenters. The van der Waals surface area contributed by atoms with Gasteiger partial charge in [0.15, 0.2) is 11.6 Å². The van der Waals surface area contributed by atoms with Crippen molar-refractivity contribution in [2.24, 2.45) is 0 Å². The second-order valence-electron chi connectivity index (χ2n) is 16.4. The summed E-state index contributed by atoms with van der Waals surface area (Å²) in [5.74, 6) is 1.68. The second-order valence-corrected chi connectivity index (χ2v) is 16.4. The molecular formula is C57H34N6O. The maximum atomic E-state index is 6.35. The van der Waals surface area contributed by atoms with Crippen LogP contribution < -0.4 is 0 Å². The molecule has 298 valence electrons. The highest BCUT2D eigenvalue weighted by atomic mass is 16.3. The van der Waals surface area contributed by atoms with Crippen LogP contribution in [0.25, 0.3) is 127 Å². The van der Waals surface area contributed by atoms with Gasteiger partial charge in [0.2, 0.25) is 5.95 Å². The van der Waals surface area contributed by atoms with Crippen molar-refractivity contribution in [3.8, 4) is 40.1 Å². The zero-order valence-electron chi connectivity index (χ0n) is 34.2. The lowest BCUT2D eigenvalue weighted by molar-refractivity contribution is 0.669. The summed E-state index contributed by atoms with van der Waals surface area (Å²) in [5.41, 5.74) is 12.2. The quantitative estimate of drug-likeness (QED) is 0.173. The smallest absolute Gasteiger partial charge is 0.238 e. The fourth-order valence-corrected chi connectivity index (χ4v) is 10.1. The molecule has 64 heavy (non-hydrogen) atoms. The molecule has 0 saturated heterocycles. The number of fused-ring (bicyclic) bond motifs is 13. The van der Waals surface area contributed by atoms with Gasteiger partial charge in [-0.3, -0.25) is 4.57 Å². The highest BCUT2D eigenvalue weighted by Gasteiger charge is 2.22. The Kier molecular flexibility index (Phi) is 7.27. The highest BCUT2D eigenvalue weighted by molar-refractivity contribution is 6.24. The lowest BCUT2D eigenvalue weighted by atomic mass is 10.1. The molecule has 14 rings (SSSR count). The van der Waals surface area contributed by atoms with Crippen LogP contribution in [0.1, 0.15) is 0 Å². The van der Waals surface area contributed by atoms with Crippen LogP contribution >= 0.6 is 0 Å². The monoisotopic (exact) mass is 818 g/mol. The van der Waals surface area contributed by atoms with Gasteiger partial charge in [-0.15, -0.1) is 0 Å². The van der Waals surface area contributed by atoms with E-state index in [-0.39, 0.29) is 0 Å². The van der Waals surface area contributed by atoms with Gasteiger partial charge in [0.05, 0.1) is 33.1 Å². The third-order valence-corrected chi connectivity index (χ3v) is 12.9. The van der Waals surface area contributed by atoms with E-state index in [4.69, 9.17) is 19.4 Å². The molecule has 0 aliphatic rings. The first-order chi connectivity index (χ1) is 31.7. The molecular weight excluding hydrogens is 785 g/mol. The molecule has 5 heterocycles. The Morgan fingerprint density at radius 3 is 1.31 bits per heavy atom. The van der Waals surface area contributed by atoms with Crippen molar-refractivity contribution in [3.05, 3.63) is 206 Å². The van der Waals surface area contributed by atoms with Crippen LogP contribution in [0.4, 0.5) is 0 Å². The van der Waals surface area contributed by atoms with E-state index in [9.17, 15) is 0 Å². The Bertz CT molecular complexity index is 4140. The van der Waals surface area contributed by atoms with E-state index in [0.717, 1.165) is 77.3 Å². The summed E-state index contributed by atoms with van der Waals surface area (Å²) in [7, 11) is 0. The molecule has 0 aliphatic heterocycles. The fourth-order valence-electron chi connectivity index (χ4n) is 10.1. The first-order valence-electron chi connectivity index (χ1n) is 21.5. The van der Waals surface area contributed by atoms with Crippen LogP contribution in [0.5, 0.6) is 0 Å². The third-order valence-electron chi connectivity index (χ3n) is 12.9. The lowest BCUT2D eigenvalue weighted by Gasteiger charge is -2.13. The standard InChI is InChI=1S/C57H34N6O/c1-2-14-37(15-3-1)61-47-21-9-6-18-41(47)45-32-33-46-42-19-7-10-22-48(42)62(54(46)53(45)61)38-29-26-35(27-30-38)55-58-56(36-28-31-44-43-20-8-13-25-51(43)64-52(44)34-36)60-57(59-55)63-49-23-11-4-16-39(49)40-17-5-12-24-50(40)63/h1-34H. The van der Waals surface area contributed by atoms with E-state index >= 15 is 0 Å². The Labute approximate surface area is 365 Å². The van der Waals surface area contributed by atoms with Gasteiger partial charge in [-0.2, -0.15) is 9.97 Å². The minimum Gasteiger partial charge on any atom is -0.456 e.